The quantitative estimate of drug-likeness (QED) is 0.360. The minimum atomic E-state index is -4.50. The fraction of sp³-hybridized carbons (Fsp3) is 0.0833. The average molecular weight is 480 g/mol. The van der Waals surface area contributed by atoms with Gasteiger partial charge in [0.05, 0.1) is 0 Å². The highest BCUT2D eigenvalue weighted by Crippen LogP contribution is 2.38. The van der Waals surface area contributed by atoms with Crippen molar-refractivity contribution < 1.29 is 22.8 Å². The van der Waals surface area contributed by atoms with Crippen molar-refractivity contribution in [2.75, 3.05) is 17.6 Å². The fourth-order valence-corrected chi connectivity index (χ4v) is 3.54. The van der Waals surface area contributed by atoms with Crippen LogP contribution in [-0.4, -0.2) is 39.1 Å². The van der Waals surface area contributed by atoms with Gasteiger partial charge in [0.1, 0.15) is 18.4 Å². The highest BCUT2D eigenvalue weighted by atomic mass is 19.4. The molecule has 2 amide bonds. The van der Waals surface area contributed by atoms with Crippen molar-refractivity contribution in [3.63, 3.8) is 0 Å². The van der Waals surface area contributed by atoms with Crippen molar-refractivity contribution in [2.45, 2.75) is 6.18 Å². The van der Waals surface area contributed by atoms with E-state index in [4.69, 9.17) is 5.73 Å². The summed E-state index contributed by atoms with van der Waals surface area (Å²) in [5, 5.41) is 8.75. The topological polar surface area (TPSA) is 114 Å². The Bertz CT molecular complexity index is 1410. The van der Waals surface area contributed by atoms with Crippen LogP contribution in [0.4, 0.5) is 24.7 Å². The molecular weight excluding hydrogens is 461 g/mol. The maximum atomic E-state index is 12.4. The van der Waals surface area contributed by atoms with Crippen LogP contribution in [0.15, 0.2) is 73.7 Å². The van der Waals surface area contributed by atoms with Gasteiger partial charge in [-0.2, -0.15) is 18.3 Å². The Morgan fingerprint density at radius 2 is 1.71 bits per heavy atom. The van der Waals surface area contributed by atoms with Gasteiger partial charge in [-0.15, -0.1) is 0 Å². The van der Waals surface area contributed by atoms with Crippen LogP contribution in [0.3, 0.4) is 0 Å². The molecule has 178 valence electrons. The molecule has 11 heteroatoms. The predicted octanol–water partition coefficient (Wildman–Crippen LogP) is 4.06. The number of nitrogen functional groups attached to an aromatic ring is 1. The maximum absolute atomic E-state index is 12.4. The van der Waals surface area contributed by atoms with Crippen molar-refractivity contribution in [1.29, 1.82) is 0 Å². The van der Waals surface area contributed by atoms with Crippen LogP contribution in [0.1, 0.15) is 10.4 Å². The van der Waals surface area contributed by atoms with Crippen LogP contribution in [0, 0.1) is 0 Å². The van der Waals surface area contributed by atoms with E-state index in [1.807, 2.05) is 5.32 Å². The van der Waals surface area contributed by atoms with Crippen LogP contribution in [0.5, 0.6) is 0 Å². The molecule has 4 rings (SSSR count). The number of hydrogen-bond acceptors (Lipinski definition) is 5. The first-order valence-corrected chi connectivity index (χ1v) is 10.3. The predicted molar refractivity (Wildman–Crippen MR) is 125 cm³/mol. The number of halogens is 3. The third kappa shape index (κ3) is 5.13. The Morgan fingerprint density at radius 3 is 2.34 bits per heavy atom. The molecule has 0 aliphatic rings. The van der Waals surface area contributed by atoms with E-state index < -0.39 is 18.6 Å². The Hall–Kier alpha value is -4.67. The van der Waals surface area contributed by atoms with Gasteiger partial charge in [0.15, 0.2) is 5.82 Å². The standard InChI is InChI=1S/C24H19F3N6O2/c1-2-19(34)32-17-9-7-14(8-10-17)18-11-33-21(22(28)30-13-31-33)20(18)15-3-5-16(6-4-15)23(35)29-12-24(25,26)27/h2-11,13H,1,12H2,(H,29,35)(H,32,34)(H2,28,30,31). The second-order valence-electron chi connectivity index (χ2n) is 7.50. The summed E-state index contributed by atoms with van der Waals surface area (Å²) in [5.74, 6) is -0.950. The van der Waals surface area contributed by atoms with E-state index in [0.717, 1.165) is 11.1 Å². The fourth-order valence-electron chi connectivity index (χ4n) is 3.54. The lowest BCUT2D eigenvalue weighted by Gasteiger charge is -2.10. The Kier molecular flexibility index (Phi) is 6.24. The molecule has 2 heterocycles. The highest BCUT2D eigenvalue weighted by molar-refractivity contribution is 6.01. The summed E-state index contributed by atoms with van der Waals surface area (Å²) in [4.78, 5) is 27.7. The Labute approximate surface area is 197 Å². The lowest BCUT2D eigenvalue weighted by molar-refractivity contribution is -0.123. The van der Waals surface area contributed by atoms with Gasteiger partial charge in [-0.05, 0) is 41.5 Å². The van der Waals surface area contributed by atoms with Crippen molar-refractivity contribution in [1.82, 2.24) is 19.9 Å². The number of nitrogens with one attached hydrogen (secondary N) is 2. The maximum Gasteiger partial charge on any atom is 0.405 e. The number of fused-ring (bicyclic) bond motifs is 1. The summed E-state index contributed by atoms with van der Waals surface area (Å²) in [6, 6.07) is 13.2. The molecule has 2 aromatic heterocycles. The number of nitrogens with two attached hydrogens (primary N) is 1. The van der Waals surface area contributed by atoms with Crippen molar-refractivity contribution in [3.05, 3.63) is 79.3 Å². The second kappa shape index (κ2) is 9.29. The zero-order chi connectivity index (χ0) is 25.2. The van der Waals surface area contributed by atoms with Crippen LogP contribution in [0.25, 0.3) is 27.8 Å². The Morgan fingerprint density at radius 1 is 1.06 bits per heavy atom. The Balaban J connectivity index is 1.73. The molecule has 0 saturated heterocycles. The molecule has 0 bridgehead atoms. The van der Waals surface area contributed by atoms with E-state index in [1.165, 1.54) is 24.5 Å². The van der Waals surface area contributed by atoms with Crippen LogP contribution in [0.2, 0.25) is 0 Å². The largest absolute Gasteiger partial charge is 0.405 e. The molecule has 0 aliphatic carbocycles. The molecule has 4 N–H and O–H groups in total. The van der Waals surface area contributed by atoms with Crippen molar-refractivity contribution in [3.8, 4) is 22.3 Å². The van der Waals surface area contributed by atoms with Gasteiger partial charge >= 0.3 is 6.18 Å². The van der Waals surface area contributed by atoms with Crippen LogP contribution >= 0.6 is 0 Å². The number of aromatic nitrogens is 3. The normalized spacial score (nSPS) is 11.3. The monoisotopic (exact) mass is 480 g/mol. The number of rotatable bonds is 6. The number of anilines is 2. The van der Waals surface area contributed by atoms with Crippen LogP contribution in [-0.2, 0) is 4.79 Å². The minimum Gasteiger partial charge on any atom is -0.382 e. The second-order valence-corrected chi connectivity index (χ2v) is 7.50. The smallest absolute Gasteiger partial charge is 0.382 e. The van der Waals surface area contributed by atoms with Gasteiger partial charge in [0, 0.05) is 28.6 Å². The van der Waals surface area contributed by atoms with E-state index in [9.17, 15) is 22.8 Å². The van der Waals surface area contributed by atoms with Crippen molar-refractivity contribution >= 4 is 28.8 Å². The third-order valence-corrected chi connectivity index (χ3v) is 5.14. The molecule has 0 fully saturated rings. The highest BCUT2D eigenvalue weighted by Gasteiger charge is 2.28. The number of alkyl halides is 3. The summed E-state index contributed by atoms with van der Waals surface area (Å²) in [6.07, 6.45) is -0.250. The molecule has 8 nitrogen and oxygen atoms in total. The van der Waals surface area contributed by atoms with E-state index in [1.54, 1.807) is 47.1 Å². The summed E-state index contributed by atoms with van der Waals surface area (Å²) in [7, 11) is 0. The first-order valence-electron chi connectivity index (χ1n) is 10.3. The number of hydrogen-bond donors (Lipinski definition) is 3. The summed E-state index contributed by atoms with van der Waals surface area (Å²) < 4.78 is 38.8. The van der Waals surface area contributed by atoms with E-state index in [2.05, 4.69) is 22.0 Å². The first kappa shape index (κ1) is 23.5. The number of amides is 2. The minimum absolute atomic E-state index is 0.0783. The van der Waals surface area contributed by atoms with Gasteiger partial charge in [-0.25, -0.2) is 9.50 Å². The number of carbonyl (C=O) groups is 2. The van der Waals surface area contributed by atoms with Gasteiger partial charge in [-0.3, -0.25) is 9.59 Å². The summed E-state index contributed by atoms with van der Waals surface area (Å²) >= 11 is 0. The molecule has 0 radical (unpaired) electrons. The van der Waals surface area contributed by atoms with Gasteiger partial charge in [0.25, 0.3) is 5.91 Å². The SMILES string of the molecule is C=CC(=O)Nc1ccc(-c2cn3ncnc(N)c3c2-c2ccc(C(=O)NCC(F)(F)F)cc2)cc1. The zero-order valence-corrected chi connectivity index (χ0v) is 18.1. The van der Waals surface area contributed by atoms with E-state index in [-0.39, 0.29) is 17.3 Å². The van der Waals surface area contributed by atoms with E-state index in [0.29, 0.717) is 22.3 Å². The van der Waals surface area contributed by atoms with Gasteiger partial charge in [0.2, 0.25) is 5.91 Å². The molecule has 0 aliphatic heterocycles. The zero-order valence-electron chi connectivity index (χ0n) is 18.1. The molecule has 0 atom stereocenters. The summed E-state index contributed by atoms with van der Waals surface area (Å²) in [5.41, 5.74) is 10.2. The van der Waals surface area contributed by atoms with Crippen LogP contribution < -0.4 is 16.4 Å². The van der Waals surface area contributed by atoms with Crippen molar-refractivity contribution in [2.24, 2.45) is 0 Å². The third-order valence-electron chi connectivity index (χ3n) is 5.14. The lowest BCUT2D eigenvalue weighted by Crippen LogP contribution is -2.33. The molecule has 0 saturated carbocycles. The molecular formula is C24H19F3N6O2. The molecule has 0 spiro atoms. The molecule has 2 aromatic carbocycles. The van der Waals surface area contributed by atoms with Gasteiger partial charge in [-0.1, -0.05) is 30.8 Å². The average Bonchev–Trinajstić information content (AvgIpc) is 3.23. The van der Waals surface area contributed by atoms with E-state index >= 15 is 0 Å². The molecule has 4 aromatic rings. The summed E-state index contributed by atoms with van der Waals surface area (Å²) in [6.45, 7) is 2.01. The number of carbonyl (C=O) groups excluding carboxylic acids is 2. The molecule has 35 heavy (non-hydrogen) atoms. The lowest BCUT2D eigenvalue weighted by atomic mass is 9.96. The first-order chi connectivity index (χ1) is 16.7. The number of benzene rings is 2. The number of nitrogens with zero attached hydrogens (tertiary/aromatic N) is 3. The molecule has 0 unspecified atom stereocenters. The van der Waals surface area contributed by atoms with Gasteiger partial charge < -0.3 is 16.4 Å².